The Morgan fingerprint density at radius 1 is 1.24 bits per heavy atom. The Kier molecular flexibility index (Phi) is 5.97. The zero-order valence-electron chi connectivity index (χ0n) is 16.7. The number of pyridine rings is 1. The van der Waals surface area contributed by atoms with E-state index in [0.717, 1.165) is 37.1 Å². The lowest BCUT2D eigenvalue weighted by Crippen LogP contribution is -2.53. The average Bonchev–Trinajstić information content (AvgIpc) is 3.44. The molecule has 2 fully saturated rings. The van der Waals surface area contributed by atoms with E-state index in [4.69, 9.17) is 9.15 Å². The van der Waals surface area contributed by atoms with Crippen LogP contribution in [0, 0.1) is 5.92 Å². The molecule has 8 heteroatoms. The molecule has 0 unspecified atom stereocenters. The summed E-state index contributed by atoms with van der Waals surface area (Å²) < 4.78 is 10.9. The first-order valence-electron chi connectivity index (χ1n) is 10.1. The molecule has 1 aliphatic carbocycles. The van der Waals surface area contributed by atoms with Crippen LogP contribution in [-0.4, -0.2) is 66.5 Å². The molecular weight excluding hydrogens is 370 g/mol. The predicted octanol–water partition coefficient (Wildman–Crippen LogP) is 2.00. The molecule has 0 aromatic carbocycles. The summed E-state index contributed by atoms with van der Waals surface area (Å²) in [6.45, 7) is 4.11. The average molecular weight is 397 g/mol. The van der Waals surface area contributed by atoms with Gasteiger partial charge in [-0.25, -0.2) is 4.98 Å². The minimum Gasteiger partial charge on any atom is -0.477 e. The van der Waals surface area contributed by atoms with E-state index in [2.05, 4.69) is 20.2 Å². The fraction of sp³-hybridized carbons (Fsp3) is 0.476. The van der Waals surface area contributed by atoms with E-state index in [-0.39, 0.29) is 5.91 Å². The van der Waals surface area contributed by atoms with Crippen LogP contribution in [0.5, 0.6) is 5.88 Å². The quantitative estimate of drug-likeness (QED) is 0.593. The number of furan rings is 1. The summed E-state index contributed by atoms with van der Waals surface area (Å²) in [6.07, 6.45) is 5.90. The maximum Gasteiger partial charge on any atom is 0.289 e. The standard InChI is InChI=1S/C21H27N5O3/c1-22-21(24-14-17-6-7-19(23-13-17)29-15-16-4-5-16)26-10-8-25(9-11-26)20(27)18-3-2-12-28-18/h2-3,6-7,12-13,16H,4-5,8-11,14-15H2,1H3,(H,22,24). The van der Waals surface area contributed by atoms with E-state index < -0.39 is 0 Å². The number of amides is 1. The smallest absolute Gasteiger partial charge is 0.289 e. The highest BCUT2D eigenvalue weighted by Gasteiger charge is 2.25. The minimum absolute atomic E-state index is 0.0623. The summed E-state index contributed by atoms with van der Waals surface area (Å²) in [7, 11) is 1.77. The summed E-state index contributed by atoms with van der Waals surface area (Å²) in [5.41, 5.74) is 1.07. The number of nitrogens with one attached hydrogen (secondary N) is 1. The minimum atomic E-state index is -0.0623. The molecule has 2 aliphatic rings. The fourth-order valence-electron chi connectivity index (χ4n) is 3.28. The normalized spacial score (nSPS) is 17.3. The first-order valence-corrected chi connectivity index (χ1v) is 10.1. The summed E-state index contributed by atoms with van der Waals surface area (Å²) in [4.78, 5) is 25.1. The van der Waals surface area contributed by atoms with Gasteiger partial charge in [0.15, 0.2) is 11.7 Å². The lowest BCUT2D eigenvalue weighted by Gasteiger charge is -2.36. The summed E-state index contributed by atoms with van der Waals surface area (Å²) in [5.74, 6) is 2.55. The van der Waals surface area contributed by atoms with Gasteiger partial charge in [-0.05, 0) is 36.5 Å². The lowest BCUT2D eigenvalue weighted by atomic mass is 10.2. The molecule has 1 aliphatic heterocycles. The highest BCUT2D eigenvalue weighted by Crippen LogP contribution is 2.29. The number of nitrogens with zero attached hydrogens (tertiary/aromatic N) is 4. The maximum atomic E-state index is 12.4. The second kappa shape index (κ2) is 8.98. The van der Waals surface area contributed by atoms with E-state index in [1.54, 1.807) is 19.2 Å². The molecule has 0 spiro atoms. The van der Waals surface area contributed by atoms with Crippen LogP contribution in [0.1, 0.15) is 29.0 Å². The van der Waals surface area contributed by atoms with Crippen LogP contribution in [0.2, 0.25) is 0 Å². The van der Waals surface area contributed by atoms with Crippen LogP contribution in [0.4, 0.5) is 0 Å². The molecule has 0 bridgehead atoms. The monoisotopic (exact) mass is 397 g/mol. The van der Waals surface area contributed by atoms with Crippen LogP contribution >= 0.6 is 0 Å². The Morgan fingerprint density at radius 3 is 2.66 bits per heavy atom. The molecule has 154 valence electrons. The Hall–Kier alpha value is -3.03. The summed E-state index contributed by atoms with van der Waals surface area (Å²) >= 11 is 0. The lowest BCUT2D eigenvalue weighted by molar-refractivity contribution is 0.0657. The van der Waals surface area contributed by atoms with E-state index in [1.807, 2.05) is 23.2 Å². The van der Waals surface area contributed by atoms with Gasteiger partial charge in [-0.3, -0.25) is 9.79 Å². The van der Waals surface area contributed by atoms with Crippen molar-refractivity contribution in [3.8, 4) is 5.88 Å². The summed E-state index contributed by atoms with van der Waals surface area (Å²) in [6, 6.07) is 7.37. The molecule has 1 saturated carbocycles. The maximum absolute atomic E-state index is 12.4. The van der Waals surface area contributed by atoms with Crippen molar-refractivity contribution < 1.29 is 13.9 Å². The predicted molar refractivity (Wildman–Crippen MR) is 109 cm³/mol. The van der Waals surface area contributed by atoms with Crippen molar-refractivity contribution in [2.24, 2.45) is 10.9 Å². The van der Waals surface area contributed by atoms with Crippen molar-refractivity contribution in [3.05, 3.63) is 48.0 Å². The van der Waals surface area contributed by atoms with Crippen LogP contribution in [-0.2, 0) is 6.54 Å². The number of aliphatic imine (C=N–C) groups is 1. The van der Waals surface area contributed by atoms with Gasteiger partial charge in [0, 0.05) is 52.0 Å². The zero-order valence-corrected chi connectivity index (χ0v) is 16.7. The Balaban J connectivity index is 1.24. The topological polar surface area (TPSA) is 83.2 Å². The molecule has 29 heavy (non-hydrogen) atoms. The molecular formula is C21H27N5O3. The van der Waals surface area contributed by atoms with E-state index in [1.165, 1.54) is 19.1 Å². The number of carbonyl (C=O) groups is 1. The molecule has 1 saturated heterocycles. The van der Waals surface area contributed by atoms with Crippen LogP contribution in [0.15, 0.2) is 46.1 Å². The first-order chi connectivity index (χ1) is 14.2. The van der Waals surface area contributed by atoms with Gasteiger partial charge in [0.1, 0.15) is 0 Å². The van der Waals surface area contributed by atoms with Crippen molar-refractivity contribution in [2.75, 3.05) is 39.8 Å². The largest absolute Gasteiger partial charge is 0.477 e. The Morgan fingerprint density at radius 2 is 2.03 bits per heavy atom. The first kappa shape index (κ1) is 19.3. The van der Waals surface area contributed by atoms with Crippen LogP contribution < -0.4 is 10.1 Å². The molecule has 3 heterocycles. The van der Waals surface area contributed by atoms with Crippen molar-refractivity contribution >= 4 is 11.9 Å². The molecule has 0 atom stereocenters. The highest BCUT2D eigenvalue weighted by atomic mass is 16.5. The number of carbonyl (C=O) groups excluding carboxylic acids is 1. The van der Waals surface area contributed by atoms with Crippen molar-refractivity contribution in [3.63, 3.8) is 0 Å². The van der Waals surface area contributed by atoms with Gasteiger partial charge in [0.25, 0.3) is 5.91 Å². The molecule has 2 aromatic rings. The van der Waals surface area contributed by atoms with Gasteiger partial charge in [0.05, 0.1) is 12.9 Å². The third-order valence-corrected chi connectivity index (χ3v) is 5.22. The number of rotatable bonds is 6. The number of piperazine rings is 1. The number of ether oxygens (including phenoxy) is 1. The Labute approximate surface area is 170 Å². The third-order valence-electron chi connectivity index (χ3n) is 5.22. The van der Waals surface area contributed by atoms with Crippen molar-refractivity contribution in [2.45, 2.75) is 19.4 Å². The highest BCUT2D eigenvalue weighted by molar-refractivity contribution is 5.91. The van der Waals surface area contributed by atoms with Crippen LogP contribution in [0.3, 0.4) is 0 Å². The second-order valence-corrected chi connectivity index (χ2v) is 7.42. The van der Waals surface area contributed by atoms with Gasteiger partial charge in [-0.2, -0.15) is 0 Å². The number of hydrogen-bond acceptors (Lipinski definition) is 5. The number of guanidine groups is 1. The molecule has 0 radical (unpaired) electrons. The van der Waals surface area contributed by atoms with E-state index in [9.17, 15) is 4.79 Å². The SMILES string of the molecule is CN=C(NCc1ccc(OCC2CC2)nc1)N1CCN(C(=O)c2ccco2)CC1. The van der Waals surface area contributed by atoms with E-state index >= 15 is 0 Å². The second-order valence-electron chi connectivity index (χ2n) is 7.42. The number of aromatic nitrogens is 1. The molecule has 1 amide bonds. The third kappa shape index (κ3) is 5.07. The Bertz CT molecular complexity index is 823. The zero-order chi connectivity index (χ0) is 20.1. The van der Waals surface area contributed by atoms with Crippen LogP contribution in [0.25, 0.3) is 0 Å². The van der Waals surface area contributed by atoms with Crippen molar-refractivity contribution in [1.82, 2.24) is 20.1 Å². The van der Waals surface area contributed by atoms with E-state index in [0.29, 0.717) is 31.3 Å². The molecule has 1 N–H and O–H groups in total. The summed E-state index contributed by atoms with van der Waals surface area (Å²) in [5, 5.41) is 3.38. The van der Waals surface area contributed by atoms with Gasteiger partial charge >= 0.3 is 0 Å². The molecule has 8 nitrogen and oxygen atoms in total. The van der Waals surface area contributed by atoms with Crippen molar-refractivity contribution in [1.29, 1.82) is 0 Å². The van der Waals surface area contributed by atoms with Gasteiger partial charge in [-0.1, -0.05) is 6.07 Å². The molecule has 2 aromatic heterocycles. The van der Waals surface area contributed by atoms with Gasteiger partial charge in [-0.15, -0.1) is 0 Å². The molecule has 4 rings (SSSR count). The van der Waals surface area contributed by atoms with Gasteiger partial charge in [0.2, 0.25) is 5.88 Å². The number of hydrogen-bond donors (Lipinski definition) is 1. The fourth-order valence-corrected chi connectivity index (χ4v) is 3.28. The van der Waals surface area contributed by atoms with Gasteiger partial charge < -0.3 is 24.3 Å².